The Bertz CT molecular complexity index is 230. The molecule has 17 heavy (non-hydrogen) atoms. The van der Waals surface area contributed by atoms with Gasteiger partial charge in [0.25, 0.3) is 0 Å². The molecule has 1 rings (SSSR count). The molecule has 1 N–H and O–H groups in total. The average Bonchev–Trinajstić information content (AvgIpc) is 2.30. The summed E-state index contributed by atoms with van der Waals surface area (Å²) in [5, 5.41) is 2.95. The molecule has 1 fully saturated rings. The highest BCUT2D eigenvalue weighted by molar-refractivity contribution is 6.14. The molecule has 1 saturated heterocycles. The van der Waals surface area contributed by atoms with Crippen molar-refractivity contribution >= 4 is 16.3 Å². The van der Waals surface area contributed by atoms with Crippen molar-refractivity contribution in [3.05, 3.63) is 0 Å². The number of alkyl carbamates (subject to hydrolysis) is 1. The van der Waals surface area contributed by atoms with Crippen LogP contribution < -0.4 is 5.32 Å². The molecule has 100 valence electrons. The Hall–Kier alpha value is -0.553. The number of nitrogens with one attached hydrogen (secondary N) is 1. The third kappa shape index (κ3) is 6.07. The first kappa shape index (κ1) is 14.5. The summed E-state index contributed by atoms with van der Waals surface area (Å²) >= 11 is 0. The number of ether oxygens (including phenoxy) is 2. The fourth-order valence-corrected chi connectivity index (χ4v) is 3.10. The summed E-state index contributed by atoms with van der Waals surface area (Å²) in [6, 6.07) is 0. The van der Waals surface area contributed by atoms with E-state index in [4.69, 9.17) is 9.47 Å². The minimum atomic E-state index is -0.304. The number of hydrogen-bond donors (Lipinski definition) is 1. The molecule has 1 aliphatic heterocycles. The normalized spacial score (nSPS) is 24.5. The van der Waals surface area contributed by atoms with E-state index in [1.807, 2.05) is 6.92 Å². The summed E-state index contributed by atoms with van der Waals surface area (Å²) in [6.45, 7) is 3.88. The number of carbonyl (C=O) groups excluding carboxylic acids is 1. The van der Waals surface area contributed by atoms with Crippen molar-refractivity contribution in [1.82, 2.24) is 5.32 Å². The van der Waals surface area contributed by atoms with Gasteiger partial charge in [-0.25, -0.2) is 4.79 Å². The molecule has 0 aromatic heterocycles. The van der Waals surface area contributed by atoms with Crippen LogP contribution in [0.2, 0.25) is 0 Å². The molecule has 0 aliphatic carbocycles. The predicted molar refractivity (Wildman–Crippen MR) is 71.3 cm³/mol. The summed E-state index contributed by atoms with van der Waals surface area (Å²) in [4.78, 5) is 11.0. The van der Waals surface area contributed by atoms with Crippen LogP contribution in [-0.4, -0.2) is 41.3 Å². The summed E-state index contributed by atoms with van der Waals surface area (Å²) in [7, 11) is 1.11. The molecule has 1 aliphatic rings. The lowest BCUT2D eigenvalue weighted by Gasteiger charge is -2.34. The van der Waals surface area contributed by atoms with Gasteiger partial charge in [0.1, 0.15) is 0 Å². The molecule has 0 aromatic rings. The number of amides is 1. The molecule has 0 radical (unpaired) electrons. The summed E-state index contributed by atoms with van der Waals surface area (Å²) in [5.74, 6) is 0. The SMILES string of the molecule is CCOC(=O)NCCCCC1([SiH3])CCCCO1. The first-order chi connectivity index (χ1) is 8.16. The lowest BCUT2D eigenvalue weighted by atomic mass is 10.0. The topological polar surface area (TPSA) is 47.6 Å². The highest BCUT2D eigenvalue weighted by Gasteiger charge is 2.26. The Morgan fingerprint density at radius 3 is 2.94 bits per heavy atom. The maximum Gasteiger partial charge on any atom is 0.407 e. The molecule has 1 heterocycles. The van der Waals surface area contributed by atoms with E-state index in [-0.39, 0.29) is 11.3 Å². The van der Waals surface area contributed by atoms with Crippen molar-refractivity contribution < 1.29 is 14.3 Å². The predicted octanol–water partition coefficient (Wildman–Crippen LogP) is 1.16. The molecular weight excluding hydrogens is 234 g/mol. The first-order valence-electron chi connectivity index (χ1n) is 6.71. The second kappa shape index (κ2) is 7.71. The Kier molecular flexibility index (Phi) is 6.58. The van der Waals surface area contributed by atoms with Gasteiger partial charge in [-0.05, 0) is 45.4 Å². The molecule has 0 aromatic carbocycles. The highest BCUT2D eigenvalue weighted by atomic mass is 28.1. The van der Waals surface area contributed by atoms with Gasteiger partial charge in [0, 0.05) is 28.6 Å². The van der Waals surface area contributed by atoms with E-state index in [1.54, 1.807) is 0 Å². The van der Waals surface area contributed by atoms with E-state index >= 15 is 0 Å². The van der Waals surface area contributed by atoms with Crippen molar-refractivity contribution in [3.63, 3.8) is 0 Å². The number of rotatable bonds is 6. The quantitative estimate of drug-likeness (QED) is 0.575. The second-order valence-corrected chi connectivity index (χ2v) is 6.68. The maximum atomic E-state index is 11.0. The third-order valence-corrected chi connectivity index (χ3v) is 4.52. The number of carbonyl (C=O) groups is 1. The molecular formula is C12H25NO3Si. The zero-order valence-electron chi connectivity index (χ0n) is 11.1. The van der Waals surface area contributed by atoms with Crippen molar-refractivity contribution in [2.45, 2.75) is 50.7 Å². The van der Waals surface area contributed by atoms with Gasteiger partial charge in [-0.3, -0.25) is 0 Å². The Morgan fingerprint density at radius 1 is 1.47 bits per heavy atom. The molecule has 1 atom stereocenters. The maximum absolute atomic E-state index is 11.0. The molecule has 4 nitrogen and oxygen atoms in total. The Labute approximate surface area is 107 Å². The Morgan fingerprint density at radius 2 is 2.29 bits per heavy atom. The van der Waals surface area contributed by atoms with Crippen LogP contribution in [0.3, 0.4) is 0 Å². The van der Waals surface area contributed by atoms with Crippen molar-refractivity contribution in [3.8, 4) is 0 Å². The highest BCUT2D eigenvalue weighted by Crippen LogP contribution is 2.26. The van der Waals surface area contributed by atoms with E-state index in [9.17, 15) is 4.79 Å². The van der Waals surface area contributed by atoms with Crippen LogP contribution in [0.15, 0.2) is 0 Å². The molecule has 1 unspecified atom stereocenters. The van der Waals surface area contributed by atoms with Gasteiger partial charge in [0.15, 0.2) is 0 Å². The van der Waals surface area contributed by atoms with E-state index in [0.717, 1.165) is 36.1 Å². The fourth-order valence-electron chi connectivity index (χ4n) is 2.19. The number of unbranched alkanes of at least 4 members (excludes halogenated alkanes) is 1. The van der Waals surface area contributed by atoms with E-state index in [2.05, 4.69) is 5.32 Å². The summed E-state index contributed by atoms with van der Waals surface area (Å²) < 4.78 is 10.7. The van der Waals surface area contributed by atoms with Gasteiger partial charge >= 0.3 is 6.09 Å². The number of hydrogen-bond acceptors (Lipinski definition) is 3. The van der Waals surface area contributed by atoms with Gasteiger partial charge in [-0.2, -0.15) is 0 Å². The van der Waals surface area contributed by atoms with Crippen molar-refractivity contribution in [2.75, 3.05) is 19.8 Å². The van der Waals surface area contributed by atoms with Crippen LogP contribution in [0.5, 0.6) is 0 Å². The van der Waals surface area contributed by atoms with Crippen LogP contribution in [0.4, 0.5) is 4.79 Å². The van der Waals surface area contributed by atoms with Gasteiger partial charge in [-0.15, -0.1) is 0 Å². The smallest absolute Gasteiger partial charge is 0.407 e. The van der Waals surface area contributed by atoms with E-state index in [0.29, 0.717) is 13.2 Å². The second-order valence-electron chi connectivity index (χ2n) is 4.86. The lowest BCUT2D eigenvalue weighted by Crippen LogP contribution is -2.36. The average molecular weight is 259 g/mol. The first-order valence-corrected chi connectivity index (χ1v) is 7.71. The zero-order chi connectivity index (χ0) is 12.6. The third-order valence-electron chi connectivity index (χ3n) is 3.23. The van der Waals surface area contributed by atoms with Crippen LogP contribution in [0.25, 0.3) is 0 Å². The van der Waals surface area contributed by atoms with Crippen LogP contribution in [0, 0.1) is 0 Å². The molecule has 0 spiro atoms. The van der Waals surface area contributed by atoms with Gasteiger partial charge in [0.05, 0.1) is 6.61 Å². The molecule has 0 bridgehead atoms. The van der Waals surface area contributed by atoms with Gasteiger partial charge in [-0.1, -0.05) is 0 Å². The van der Waals surface area contributed by atoms with Crippen LogP contribution in [0.1, 0.15) is 45.4 Å². The summed E-state index contributed by atoms with van der Waals surface area (Å²) in [5.41, 5.74) is 0. The van der Waals surface area contributed by atoms with Crippen LogP contribution >= 0.6 is 0 Å². The minimum Gasteiger partial charge on any atom is -0.450 e. The van der Waals surface area contributed by atoms with Crippen molar-refractivity contribution in [2.24, 2.45) is 0 Å². The largest absolute Gasteiger partial charge is 0.450 e. The van der Waals surface area contributed by atoms with Gasteiger partial charge < -0.3 is 14.8 Å². The van der Waals surface area contributed by atoms with Gasteiger partial charge in [0.2, 0.25) is 0 Å². The lowest BCUT2D eigenvalue weighted by molar-refractivity contribution is -0.0238. The molecule has 1 amide bonds. The Balaban J connectivity index is 2.01. The fraction of sp³-hybridized carbons (Fsp3) is 0.917. The van der Waals surface area contributed by atoms with Crippen LogP contribution in [-0.2, 0) is 9.47 Å². The van der Waals surface area contributed by atoms with Crippen molar-refractivity contribution in [1.29, 1.82) is 0 Å². The monoisotopic (exact) mass is 259 g/mol. The summed E-state index contributed by atoms with van der Waals surface area (Å²) in [6.07, 6.45) is 6.72. The standard InChI is InChI=1S/C12H25NO3Si/c1-2-15-11(14)13-9-5-3-7-12(17)8-4-6-10-16-12/h2-10H2,1,17H3,(H,13,14). The zero-order valence-corrected chi connectivity index (χ0v) is 13.1. The molecule has 0 saturated carbocycles. The minimum absolute atomic E-state index is 0.210. The van der Waals surface area contributed by atoms with E-state index in [1.165, 1.54) is 19.3 Å². The molecule has 5 heteroatoms. The van der Waals surface area contributed by atoms with E-state index < -0.39 is 0 Å².